The third kappa shape index (κ3) is 2.58. The van der Waals surface area contributed by atoms with E-state index in [0.717, 1.165) is 0 Å². The van der Waals surface area contributed by atoms with Crippen molar-refractivity contribution in [2.75, 3.05) is 25.0 Å². The van der Waals surface area contributed by atoms with Crippen LogP contribution in [-0.4, -0.2) is 42.5 Å². The largest absolute Gasteiger partial charge is 0.324 e. The van der Waals surface area contributed by atoms with Crippen LogP contribution in [-0.2, 0) is 5.92 Å². The molecule has 2 heterocycles. The molecule has 0 aromatic carbocycles. The minimum atomic E-state index is -3.15. The van der Waals surface area contributed by atoms with Crippen LogP contribution in [0.3, 0.4) is 0 Å². The number of hydrogen-bond donors (Lipinski definition) is 1. The molecule has 2 atom stereocenters. The second kappa shape index (κ2) is 4.75. The van der Waals surface area contributed by atoms with Gasteiger partial charge in [0.05, 0.1) is 6.54 Å². The maximum absolute atomic E-state index is 13.7. The van der Waals surface area contributed by atoms with Crippen molar-refractivity contribution in [2.24, 2.45) is 0 Å². The lowest BCUT2D eigenvalue weighted by Gasteiger charge is -2.33. The third-order valence-electron chi connectivity index (χ3n) is 2.99. The lowest BCUT2D eigenvalue weighted by atomic mass is 10.0. The van der Waals surface area contributed by atoms with E-state index in [2.05, 4.69) is 15.5 Å². The number of nitrogens with one attached hydrogen (secondary N) is 1. The van der Waals surface area contributed by atoms with Crippen molar-refractivity contribution in [3.05, 3.63) is 5.82 Å². The van der Waals surface area contributed by atoms with Gasteiger partial charge in [0.2, 0.25) is 5.82 Å². The zero-order valence-corrected chi connectivity index (χ0v) is 10.2. The van der Waals surface area contributed by atoms with E-state index in [0.29, 0.717) is 19.9 Å². The van der Waals surface area contributed by atoms with Crippen LogP contribution in [0, 0.1) is 0 Å². The highest BCUT2D eigenvalue weighted by atomic mass is 19.3. The summed E-state index contributed by atoms with van der Waals surface area (Å²) in [6.07, 6.45) is -0.543. The molecule has 18 heavy (non-hydrogen) atoms. The quantitative estimate of drug-likeness (QED) is 0.892. The maximum atomic E-state index is 13.7. The number of nitrogens with zero attached hydrogens (tertiary/aromatic N) is 3. The van der Waals surface area contributed by atoms with E-state index in [1.807, 2.05) is 0 Å². The Morgan fingerprint density at radius 2 is 2.22 bits per heavy atom. The van der Waals surface area contributed by atoms with Crippen molar-refractivity contribution in [2.45, 2.75) is 31.5 Å². The molecule has 0 radical (unpaired) electrons. The average molecular weight is 264 g/mol. The second-order valence-corrected chi connectivity index (χ2v) is 4.43. The lowest BCUT2D eigenvalue weighted by Crippen LogP contribution is -2.50. The normalized spacial score (nSPS) is 25.5. The summed E-state index contributed by atoms with van der Waals surface area (Å²) in [7, 11) is 1.69. The molecule has 2 rings (SSSR count). The highest BCUT2D eigenvalue weighted by molar-refractivity contribution is 5.27. The van der Waals surface area contributed by atoms with Gasteiger partial charge in [0.25, 0.3) is 0 Å². The molecular formula is C10H15F3N4O. The van der Waals surface area contributed by atoms with E-state index >= 15 is 0 Å². The molecule has 5 nitrogen and oxygen atoms in total. The topological polar surface area (TPSA) is 54.2 Å². The van der Waals surface area contributed by atoms with Gasteiger partial charge in [-0.25, -0.2) is 4.39 Å². The second-order valence-electron chi connectivity index (χ2n) is 4.43. The molecular weight excluding hydrogens is 249 g/mol. The molecule has 1 fully saturated rings. The summed E-state index contributed by atoms with van der Waals surface area (Å²) in [5.41, 5.74) is 0. The number of alkyl halides is 3. The molecule has 2 unspecified atom stereocenters. The summed E-state index contributed by atoms with van der Waals surface area (Å²) >= 11 is 0. The van der Waals surface area contributed by atoms with Crippen LogP contribution in [0.4, 0.5) is 19.2 Å². The van der Waals surface area contributed by atoms with Gasteiger partial charge < -0.3 is 14.7 Å². The minimum Gasteiger partial charge on any atom is -0.321 e. The fourth-order valence-electron chi connectivity index (χ4n) is 1.93. The third-order valence-corrected chi connectivity index (χ3v) is 2.99. The van der Waals surface area contributed by atoms with Gasteiger partial charge in [-0.15, -0.1) is 0 Å². The summed E-state index contributed by atoms with van der Waals surface area (Å²) in [5.74, 6) is -3.83. The Bertz CT molecular complexity index is 406. The molecule has 0 saturated carbocycles. The van der Waals surface area contributed by atoms with Gasteiger partial charge in [-0.2, -0.15) is 13.8 Å². The van der Waals surface area contributed by atoms with Gasteiger partial charge in [-0.3, -0.25) is 0 Å². The van der Waals surface area contributed by atoms with Crippen molar-refractivity contribution in [1.29, 1.82) is 0 Å². The van der Waals surface area contributed by atoms with E-state index in [9.17, 15) is 13.2 Å². The number of aromatic nitrogens is 2. The van der Waals surface area contributed by atoms with Crippen LogP contribution >= 0.6 is 0 Å². The number of anilines is 1. The Labute approximate surface area is 102 Å². The van der Waals surface area contributed by atoms with Gasteiger partial charge in [0.1, 0.15) is 6.17 Å². The predicted octanol–water partition coefficient (Wildman–Crippen LogP) is 1.32. The zero-order valence-electron chi connectivity index (χ0n) is 10.2. The van der Waals surface area contributed by atoms with Gasteiger partial charge >= 0.3 is 11.9 Å². The first-order valence-electron chi connectivity index (χ1n) is 5.70. The predicted molar refractivity (Wildman–Crippen MR) is 58.4 cm³/mol. The first-order valence-corrected chi connectivity index (χ1v) is 5.70. The molecule has 1 N–H and O–H groups in total. The standard InChI is InChI=1S/C10H15F3N4O/c1-10(12,13)8-15-9(18-16-8)17-4-3-7(14-2)6(11)5-17/h6-7,14H,3-5H2,1-2H3. The fourth-order valence-corrected chi connectivity index (χ4v) is 1.93. The Morgan fingerprint density at radius 3 is 2.72 bits per heavy atom. The van der Waals surface area contributed by atoms with E-state index in [4.69, 9.17) is 4.52 Å². The SMILES string of the molecule is CNC1CCN(c2nc(C(C)(F)F)no2)CC1F. The molecule has 0 amide bonds. The Hall–Kier alpha value is -1.31. The van der Waals surface area contributed by atoms with E-state index in [1.54, 1.807) is 7.05 Å². The molecule has 0 aliphatic carbocycles. The molecule has 102 valence electrons. The van der Waals surface area contributed by atoms with Gasteiger partial charge in [0, 0.05) is 19.5 Å². The number of hydrogen-bond acceptors (Lipinski definition) is 5. The molecule has 1 saturated heterocycles. The zero-order chi connectivity index (χ0) is 13.3. The van der Waals surface area contributed by atoms with Crippen LogP contribution in [0.2, 0.25) is 0 Å². The van der Waals surface area contributed by atoms with Crippen LogP contribution in [0.15, 0.2) is 4.52 Å². The highest BCUT2D eigenvalue weighted by Crippen LogP contribution is 2.27. The Balaban J connectivity index is 2.07. The van der Waals surface area contributed by atoms with Crippen LogP contribution in [0.1, 0.15) is 19.2 Å². The van der Waals surface area contributed by atoms with Crippen molar-refractivity contribution in [3.8, 4) is 0 Å². The van der Waals surface area contributed by atoms with Crippen molar-refractivity contribution in [1.82, 2.24) is 15.5 Å². The van der Waals surface area contributed by atoms with E-state index in [1.165, 1.54) is 4.90 Å². The number of halogens is 3. The van der Waals surface area contributed by atoms with Crippen LogP contribution < -0.4 is 10.2 Å². The monoisotopic (exact) mass is 264 g/mol. The average Bonchev–Trinajstić information content (AvgIpc) is 2.77. The van der Waals surface area contributed by atoms with Crippen LogP contribution in [0.25, 0.3) is 0 Å². The molecule has 8 heteroatoms. The molecule has 0 spiro atoms. The molecule has 1 aliphatic heterocycles. The van der Waals surface area contributed by atoms with Gasteiger partial charge in [-0.05, 0) is 13.5 Å². The first kappa shape index (κ1) is 13.1. The smallest absolute Gasteiger partial charge is 0.321 e. The maximum Gasteiger partial charge on any atom is 0.324 e. The molecule has 0 bridgehead atoms. The fraction of sp³-hybridized carbons (Fsp3) is 0.800. The summed E-state index contributed by atoms with van der Waals surface area (Å²) in [5, 5.41) is 6.08. The lowest BCUT2D eigenvalue weighted by molar-refractivity contribution is 0.00559. The van der Waals surface area contributed by atoms with Crippen molar-refractivity contribution < 1.29 is 17.7 Å². The molecule has 1 aromatic rings. The first-order chi connectivity index (χ1) is 8.41. The Morgan fingerprint density at radius 1 is 1.50 bits per heavy atom. The van der Waals surface area contributed by atoms with Gasteiger partial charge in [0.15, 0.2) is 0 Å². The van der Waals surface area contributed by atoms with E-state index in [-0.39, 0.29) is 18.6 Å². The van der Waals surface area contributed by atoms with Crippen molar-refractivity contribution in [3.63, 3.8) is 0 Å². The summed E-state index contributed by atoms with van der Waals surface area (Å²) in [4.78, 5) is 5.09. The summed E-state index contributed by atoms with van der Waals surface area (Å²) in [6, 6.07) is -0.278. The Kier molecular flexibility index (Phi) is 3.47. The van der Waals surface area contributed by atoms with Crippen LogP contribution in [0.5, 0.6) is 0 Å². The van der Waals surface area contributed by atoms with Crippen molar-refractivity contribution >= 4 is 6.01 Å². The number of rotatable bonds is 3. The van der Waals surface area contributed by atoms with E-state index < -0.39 is 17.9 Å². The minimum absolute atomic E-state index is 0.0521. The molecule has 1 aromatic heterocycles. The summed E-state index contributed by atoms with van der Waals surface area (Å²) < 4.78 is 44.3. The summed E-state index contributed by atoms with van der Waals surface area (Å²) in [6.45, 7) is 1.23. The molecule has 1 aliphatic rings. The highest BCUT2D eigenvalue weighted by Gasteiger charge is 2.34. The van der Waals surface area contributed by atoms with Gasteiger partial charge in [-0.1, -0.05) is 5.16 Å². The number of piperidine rings is 1.